The number of para-hydroxylation sites is 1. The van der Waals surface area contributed by atoms with Crippen LogP contribution in [-0.4, -0.2) is 39.5 Å². The third kappa shape index (κ3) is 3.56. The number of nitrogens with zero attached hydrogens (tertiary/aromatic N) is 1. The average Bonchev–Trinajstić information content (AvgIpc) is 2.48. The maximum atomic E-state index is 12.4. The van der Waals surface area contributed by atoms with Gasteiger partial charge in [-0.25, -0.2) is 12.7 Å². The van der Waals surface area contributed by atoms with Crippen LogP contribution in [0.3, 0.4) is 0 Å². The summed E-state index contributed by atoms with van der Waals surface area (Å²) in [4.78, 5) is 0.219. The van der Waals surface area contributed by atoms with Gasteiger partial charge in [0.05, 0.1) is 0 Å². The minimum Gasteiger partial charge on any atom is -0.489 e. The van der Waals surface area contributed by atoms with Crippen molar-refractivity contribution in [1.82, 2.24) is 4.31 Å². The van der Waals surface area contributed by atoms with Crippen molar-refractivity contribution in [3.63, 3.8) is 0 Å². The molecule has 0 saturated heterocycles. The van der Waals surface area contributed by atoms with E-state index in [9.17, 15) is 8.42 Å². The Labute approximate surface area is 127 Å². The smallest absolute Gasteiger partial charge is 0.246 e. The normalized spacial score (nSPS) is 23.2. The average molecular weight is 312 g/mol. The highest BCUT2D eigenvalue weighted by Crippen LogP contribution is 2.32. The van der Waals surface area contributed by atoms with E-state index in [1.807, 2.05) is 0 Å². The van der Waals surface area contributed by atoms with Gasteiger partial charge in [-0.2, -0.15) is 0 Å². The standard InChI is InChI=1S/C15H24N2O3S/c1-17(2)21(18,19)15-10-6-5-9-14(15)20-13-8-4-3-7-12(13)11-16/h5-6,9-10,12-13H,3-4,7-8,11,16H2,1-2H3. The summed E-state index contributed by atoms with van der Waals surface area (Å²) >= 11 is 0. The Balaban J connectivity index is 2.28. The SMILES string of the molecule is CN(C)S(=O)(=O)c1ccccc1OC1CCCCC1CN. The minimum atomic E-state index is -3.51. The molecule has 1 fully saturated rings. The number of rotatable bonds is 5. The first-order valence-electron chi connectivity index (χ1n) is 7.35. The Kier molecular flexibility index (Phi) is 5.24. The molecule has 0 bridgehead atoms. The van der Waals surface area contributed by atoms with E-state index in [0.717, 1.165) is 19.3 Å². The number of benzene rings is 1. The van der Waals surface area contributed by atoms with Crippen LogP contribution < -0.4 is 10.5 Å². The first-order valence-corrected chi connectivity index (χ1v) is 8.79. The van der Waals surface area contributed by atoms with E-state index < -0.39 is 10.0 Å². The van der Waals surface area contributed by atoms with Crippen LogP contribution >= 0.6 is 0 Å². The molecular weight excluding hydrogens is 288 g/mol. The Morgan fingerprint density at radius 1 is 1.24 bits per heavy atom. The van der Waals surface area contributed by atoms with Gasteiger partial charge in [0.15, 0.2) is 0 Å². The van der Waals surface area contributed by atoms with Crippen LogP contribution in [0.1, 0.15) is 25.7 Å². The maximum absolute atomic E-state index is 12.4. The summed E-state index contributed by atoms with van der Waals surface area (Å²) in [7, 11) is -0.459. The van der Waals surface area contributed by atoms with E-state index in [0.29, 0.717) is 18.2 Å². The van der Waals surface area contributed by atoms with Crippen LogP contribution in [0.4, 0.5) is 0 Å². The van der Waals surface area contributed by atoms with Gasteiger partial charge >= 0.3 is 0 Å². The molecule has 2 rings (SSSR count). The minimum absolute atomic E-state index is 0.00209. The van der Waals surface area contributed by atoms with Gasteiger partial charge < -0.3 is 10.5 Å². The first kappa shape index (κ1) is 16.3. The van der Waals surface area contributed by atoms with Gasteiger partial charge in [-0.1, -0.05) is 18.6 Å². The molecule has 0 spiro atoms. The Hall–Kier alpha value is -1.11. The molecule has 0 aromatic heterocycles. The zero-order valence-electron chi connectivity index (χ0n) is 12.7. The topological polar surface area (TPSA) is 72.6 Å². The predicted molar refractivity (Wildman–Crippen MR) is 82.7 cm³/mol. The molecule has 6 heteroatoms. The third-order valence-electron chi connectivity index (χ3n) is 4.03. The molecule has 1 aliphatic rings. The number of hydrogen-bond donors (Lipinski definition) is 1. The van der Waals surface area contributed by atoms with Crippen LogP contribution in [0.25, 0.3) is 0 Å². The highest BCUT2D eigenvalue weighted by atomic mass is 32.2. The molecule has 0 aliphatic heterocycles. The molecule has 2 atom stereocenters. The molecule has 1 aromatic rings. The quantitative estimate of drug-likeness (QED) is 0.900. The maximum Gasteiger partial charge on any atom is 0.246 e. The molecular formula is C15H24N2O3S. The highest BCUT2D eigenvalue weighted by molar-refractivity contribution is 7.89. The van der Waals surface area contributed by atoms with E-state index in [1.165, 1.54) is 24.8 Å². The number of sulfonamides is 1. The molecule has 2 N–H and O–H groups in total. The summed E-state index contributed by atoms with van der Waals surface area (Å²) in [5.74, 6) is 0.727. The Morgan fingerprint density at radius 2 is 1.90 bits per heavy atom. The van der Waals surface area contributed by atoms with E-state index >= 15 is 0 Å². The van der Waals surface area contributed by atoms with E-state index in [2.05, 4.69) is 0 Å². The monoisotopic (exact) mass is 312 g/mol. The van der Waals surface area contributed by atoms with Gasteiger partial charge in [0.25, 0.3) is 0 Å². The second-order valence-electron chi connectivity index (χ2n) is 5.67. The lowest BCUT2D eigenvalue weighted by Gasteiger charge is -2.31. The van der Waals surface area contributed by atoms with Crippen molar-refractivity contribution in [2.75, 3.05) is 20.6 Å². The highest BCUT2D eigenvalue weighted by Gasteiger charge is 2.28. The number of hydrogen-bond acceptors (Lipinski definition) is 4. The molecule has 5 nitrogen and oxygen atoms in total. The van der Waals surface area contributed by atoms with Gasteiger partial charge in [0.1, 0.15) is 16.7 Å². The second-order valence-corrected chi connectivity index (χ2v) is 7.79. The fraction of sp³-hybridized carbons (Fsp3) is 0.600. The summed E-state index contributed by atoms with van der Waals surface area (Å²) in [5, 5.41) is 0. The summed E-state index contributed by atoms with van der Waals surface area (Å²) < 4.78 is 32.0. The molecule has 0 radical (unpaired) electrons. The Morgan fingerprint density at radius 3 is 2.57 bits per heavy atom. The number of ether oxygens (including phenoxy) is 1. The van der Waals surface area contributed by atoms with Crippen molar-refractivity contribution in [2.45, 2.75) is 36.7 Å². The lowest BCUT2D eigenvalue weighted by molar-refractivity contribution is 0.0939. The second kappa shape index (κ2) is 6.77. The zero-order chi connectivity index (χ0) is 15.5. The number of nitrogens with two attached hydrogens (primary N) is 1. The molecule has 0 heterocycles. The van der Waals surface area contributed by atoms with Gasteiger partial charge in [0, 0.05) is 20.0 Å². The summed E-state index contributed by atoms with van der Waals surface area (Å²) in [6.07, 6.45) is 4.24. The van der Waals surface area contributed by atoms with Gasteiger partial charge in [-0.3, -0.25) is 0 Å². The fourth-order valence-corrected chi connectivity index (χ4v) is 3.73. The van der Waals surface area contributed by atoms with Crippen molar-refractivity contribution in [3.05, 3.63) is 24.3 Å². The van der Waals surface area contributed by atoms with Crippen molar-refractivity contribution >= 4 is 10.0 Å². The molecule has 2 unspecified atom stereocenters. The predicted octanol–water partition coefficient (Wildman–Crippen LogP) is 1.83. The third-order valence-corrected chi connectivity index (χ3v) is 5.88. The van der Waals surface area contributed by atoms with Crippen molar-refractivity contribution in [3.8, 4) is 5.75 Å². The van der Waals surface area contributed by atoms with Crippen LogP contribution in [-0.2, 0) is 10.0 Å². The molecule has 1 aliphatic carbocycles. The fourth-order valence-electron chi connectivity index (χ4n) is 2.72. The molecule has 1 saturated carbocycles. The lowest BCUT2D eigenvalue weighted by Crippen LogP contribution is -2.35. The lowest BCUT2D eigenvalue weighted by atomic mass is 9.86. The van der Waals surface area contributed by atoms with E-state index in [1.54, 1.807) is 24.3 Å². The largest absolute Gasteiger partial charge is 0.489 e. The molecule has 21 heavy (non-hydrogen) atoms. The van der Waals surface area contributed by atoms with Crippen LogP contribution in [0, 0.1) is 5.92 Å². The van der Waals surface area contributed by atoms with Crippen molar-refractivity contribution < 1.29 is 13.2 Å². The summed E-state index contributed by atoms with van der Waals surface area (Å²) in [6, 6.07) is 6.82. The van der Waals surface area contributed by atoms with Crippen LogP contribution in [0.15, 0.2) is 29.2 Å². The van der Waals surface area contributed by atoms with Crippen molar-refractivity contribution in [1.29, 1.82) is 0 Å². The van der Waals surface area contributed by atoms with Gasteiger partial charge in [-0.15, -0.1) is 0 Å². The van der Waals surface area contributed by atoms with Gasteiger partial charge in [-0.05, 0) is 37.9 Å². The first-order chi connectivity index (χ1) is 9.96. The van der Waals surface area contributed by atoms with Crippen LogP contribution in [0.2, 0.25) is 0 Å². The van der Waals surface area contributed by atoms with Crippen molar-refractivity contribution in [2.24, 2.45) is 11.7 Å². The molecule has 0 amide bonds. The molecule has 1 aromatic carbocycles. The van der Waals surface area contributed by atoms with E-state index in [4.69, 9.17) is 10.5 Å². The van der Waals surface area contributed by atoms with Crippen LogP contribution in [0.5, 0.6) is 5.75 Å². The van der Waals surface area contributed by atoms with E-state index in [-0.39, 0.29) is 11.0 Å². The van der Waals surface area contributed by atoms with Gasteiger partial charge in [0.2, 0.25) is 10.0 Å². The zero-order valence-corrected chi connectivity index (χ0v) is 13.5. The summed E-state index contributed by atoms with van der Waals surface area (Å²) in [5.41, 5.74) is 5.81. The molecule has 118 valence electrons. The Bertz CT molecular complexity index is 572. The summed E-state index contributed by atoms with van der Waals surface area (Å²) in [6.45, 7) is 0.577.